The van der Waals surface area contributed by atoms with E-state index in [1.807, 2.05) is 31.2 Å². The van der Waals surface area contributed by atoms with Gasteiger partial charge in [-0.1, -0.05) is 47.5 Å². The summed E-state index contributed by atoms with van der Waals surface area (Å²) in [5.74, 6) is 0.120. The zero-order valence-corrected chi connectivity index (χ0v) is 15.3. The van der Waals surface area contributed by atoms with Gasteiger partial charge in [-0.05, 0) is 37.1 Å². The van der Waals surface area contributed by atoms with Crippen molar-refractivity contribution in [3.05, 3.63) is 75.2 Å². The van der Waals surface area contributed by atoms with Crippen LogP contribution in [-0.2, 0) is 6.54 Å². The minimum absolute atomic E-state index is 0.266. The Bertz CT molecular complexity index is 919. The van der Waals surface area contributed by atoms with Gasteiger partial charge in [0.2, 0.25) is 0 Å². The van der Waals surface area contributed by atoms with E-state index in [-0.39, 0.29) is 11.1 Å². The number of aryl methyl sites for hydroxylation is 2. The van der Waals surface area contributed by atoms with Gasteiger partial charge in [-0.15, -0.1) is 0 Å². The molecular formula is C18H16Cl2N4O. The molecule has 2 aromatic heterocycles. The summed E-state index contributed by atoms with van der Waals surface area (Å²) in [5.41, 5.74) is 2.76. The third kappa shape index (κ3) is 3.83. The lowest BCUT2D eigenvalue weighted by Crippen LogP contribution is -2.14. The van der Waals surface area contributed by atoms with E-state index in [1.165, 1.54) is 0 Å². The number of hydrogen-bond acceptors (Lipinski definition) is 3. The first kappa shape index (κ1) is 17.5. The van der Waals surface area contributed by atoms with Gasteiger partial charge < -0.3 is 5.32 Å². The largest absolute Gasteiger partial charge is 0.306 e. The van der Waals surface area contributed by atoms with Gasteiger partial charge in [0.25, 0.3) is 5.91 Å². The monoisotopic (exact) mass is 374 g/mol. The highest BCUT2D eigenvalue weighted by molar-refractivity contribution is 6.33. The van der Waals surface area contributed by atoms with Crippen LogP contribution in [0, 0.1) is 13.8 Å². The molecule has 7 heteroatoms. The number of aromatic nitrogens is 3. The summed E-state index contributed by atoms with van der Waals surface area (Å²) in [6.45, 7) is 4.06. The Morgan fingerprint density at radius 3 is 2.60 bits per heavy atom. The quantitative estimate of drug-likeness (QED) is 0.730. The van der Waals surface area contributed by atoms with E-state index in [2.05, 4.69) is 15.4 Å². The summed E-state index contributed by atoms with van der Waals surface area (Å²) >= 11 is 12.6. The number of anilines is 1. The zero-order valence-electron chi connectivity index (χ0n) is 13.8. The van der Waals surface area contributed by atoms with Crippen molar-refractivity contribution in [2.75, 3.05) is 5.32 Å². The minimum Gasteiger partial charge on any atom is -0.306 e. The molecule has 1 N–H and O–H groups in total. The van der Waals surface area contributed by atoms with Crippen LogP contribution in [0.4, 0.5) is 5.82 Å². The van der Waals surface area contributed by atoms with Gasteiger partial charge in [0.1, 0.15) is 11.0 Å². The Kier molecular flexibility index (Phi) is 5.06. The summed E-state index contributed by atoms with van der Waals surface area (Å²) in [6, 6.07) is 11.1. The number of rotatable bonds is 4. The third-order valence-electron chi connectivity index (χ3n) is 3.72. The van der Waals surface area contributed by atoms with Crippen molar-refractivity contribution < 1.29 is 4.79 Å². The summed E-state index contributed by atoms with van der Waals surface area (Å²) in [4.78, 5) is 16.7. The van der Waals surface area contributed by atoms with Crippen molar-refractivity contribution in [2.24, 2.45) is 0 Å². The van der Waals surface area contributed by atoms with Crippen LogP contribution in [0.15, 0.2) is 42.6 Å². The van der Waals surface area contributed by atoms with Gasteiger partial charge in [0, 0.05) is 11.2 Å². The lowest BCUT2D eigenvalue weighted by molar-refractivity contribution is 0.102. The molecule has 5 nitrogen and oxygen atoms in total. The second-order valence-corrected chi connectivity index (χ2v) is 6.44. The molecule has 0 aliphatic heterocycles. The van der Waals surface area contributed by atoms with Gasteiger partial charge in [-0.3, -0.25) is 4.79 Å². The minimum atomic E-state index is -0.343. The number of hydrogen-bond donors (Lipinski definition) is 1. The normalized spacial score (nSPS) is 10.7. The van der Waals surface area contributed by atoms with Crippen LogP contribution < -0.4 is 5.32 Å². The van der Waals surface area contributed by atoms with Crippen molar-refractivity contribution in [1.29, 1.82) is 0 Å². The maximum atomic E-state index is 12.6. The standard InChI is InChI=1S/C18H16Cl2N4O/c1-11-7-8-15(21-9-11)22-18(25)16-12(2)23-24(17(16)20)10-13-5-3-4-6-14(13)19/h3-9H,10H2,1-2H3,(H,21,22,25). The van der Waals surface area contributed by atoms with E-state index in [1.54, 1.807) is 29.9 Å². The van der Waals surface area contributed by atoms with Crippen molar-refractivity contribution in [1.82, 2.24) is 14.8 Å². The van der Waals surface area contributed by atoms with Gasteiger partial charge in [-0.2, -0.15) is 5.10 Å². The first-order chi connectivity index (χ1) is 12.0. The molecule has 0 unspecified atom stereocenters. The number of pyridine rings is 1. The molecule has 1 aromatic carbocycles. The van der Waals surface area contributed by atoms with E-state index in [0.29, 0.717) is 28.6 Å². The molecule has 2 heterocycles. The molecule has 0 bridgehead atoms. The third-order valence-corrected chi connectivity index (χ3v) is 4.48. The Labute approximate surface area is 155 Å². The average Bonchev–Trinajstić information content (AvgIpc) is 2.86. The number of carbonyl (C=O) groups excluding carboxylic acids is 1. The number of halogens is 2. The molecule has 0 saturated heterocycles. The lowest BCUT2D eigenvalue weighted by atomic mass is 10.2. The van der Waals surface area contributed by atoms with Crippen molar-refractivity contribution in [3.63, 3.8) is 0 Å². The van der Waals surface area contributed by atoms with Crippen molar-refractivity contribution in [3.8, 4) is 0 Å². The van der Waals surface area contributed by atoms with E-state index < -0.39 is 0 Å². The molecule has 3 aromatic rings. The Morgan fingerprint density at radius 1 is 1.16 bits per heavy atom. The van der Waals surface area contributed by atoms with Gasteiger partial charge in [-0.25, -0.2) is 9.67 Å². The first-order valence-electron chi connectivity index (χ1n) is 7.66. The fraction of sp³-hybridized carbons (Fsp3) is 0.167. The van der Waals surface area contributed by atoms with Crippen LogP contribution >= 0.6 is 23.2 Å². The number of carbonyl (C=O) groups is 1. The zero-order chi connectivity index (χ0) is 18.0. The fourth-order valence-electron chi connectivity index (χ4n) is 2.42. The highest BCUT2D eigenvalue weighted by Crippen LogP contribution is 2.24. The second kappa shape index (κ2) is 7.25. The van der Waals surface area contributed by atoms with Crippen LogP contribution in [-0.4, -0.2) is 20.7 Å². The molecule has 0 aliphatic rings. The first-order valence-corrected chi connectivity index (χ1v) is 8.41. The highest BCUT2D eigenvalue weighted by atomic mass is 35.5. The fourth-order valence-corrected chi connectivity index (χ4v) is 2.94. The molecule has 0 spiro atoms. The summed E-state index contributed by atoms with van der Waals surface area (Å²) in [6.07, 6.45) is 1.69. The maximum Gasteiger partial charge on any atom is 0.261 e. The van der Waals surface area contributed by atoms with Crippen LogP contribution in [0.25, 0.3) is 0 Å². The van der Waals surface area contributed by atoms with E-state index >= 15 is 0 Å². The molecule has 0 fully saturated rings. The molecule has 1 amide bonds. The summed E-state index contributed by atoms with van der Waals surface area (Å²) in [5, 5.41) is 8.00. The predicted molar refractivity (Wildman–Crippen MR) is 99.5 cm³/mol. The molecule has 0 saturated carbocycles. The van der Waals surface area contributed by atoms with Gasteiger partial charge in [0.15, 0.2) is 0 Å². The van der Waals surface area contributed by atoms with Gasteiger partial charge >= 0.3 is 0 Å². The number of nitrogens with one attached hydrogen (secondary N) is 1. The Balaban J connectivity index is 1.85. The summed E-state index contributed by atoms with van der Waals surface area (Å²) < 4.78 is 1.57. The molecule has 25 heavy (non-hydrogen) atoms. The maximum absolute atomic E-state index is 12.6. The van der Waals surface area contributed by atoms with E-state index in [0.717, 1.165) is 11.1 Å². The van der Waals surface area contributed by atoms with Crippen molar-refractivity contribution >= 4 is 34.9 Å². The molecule has 3 rings (SSSR count). The number of amides is 1. The average molecular weight is 375 g/mol. The van der Waals surface area contributed by atoms with Crippen LogP contribution in [0.2, 0.25) is 10.2 Å². The highest BCUT2D eigenvalue weighted by Gasteiger charge is 2.21. The smallest absolute Gasteiger partial charge is 0.261 e. The van der Waals surface area contributed by atoms with E-state index in [4.69, 9.17) is 23.2 Å². The van der Waals surface area contributed by atoms with E-state index in [9.17, 15) is 4.79 Å². The lowest BCUT2D eigenvalue weighted by Gasteiger charge is -2.06. The molecule has 128 valence electrons. The Morgan fingerprint density at radius 2 is 1.92 bits per heavy atom. The van der Waals surface area contributed by atoms with Gasteiger partial charge in [0.05, 0.1) is 17.8 Å². The van der Waals surface area contributed by atoms with Crippen LogP contribution in [0.3, 0.4) is 0 Å². The molecule has 0 radical (unpaired) electrons. The topological polar surface area (TPSA) is 59.8 Å². The predicted octanol–water partition coefficient (Wildman–Crippen LogP) is 4.50. The van der Waals surface area contributed by atoms with Crippen molar-refractivity contribution in [2.45, 2.75) is 20.4 Å². The van der Waals surface area contributed by atoms with Crippen LogP contribution in [0.1, 0.15) is 27.2 Å². The molecule has 0 atom stereocenters. The van der Waals surface area contributed by atoms with Crippen LogP contribution in [0.5, 0.6) is 0 Å². The Hall–Kier alpha value is -2.37. The molecule has 0 aliphatic carbocycles. The summed E-state index contributed by atoms with van der Waals surface area (Å²) in [7, 11) is 0. The number of nitrogens with zero attached hydrogens (tertiary/aromatic N) is 3. The second-order valence-electron chi connectivity index (χ2n) is 5.68. The molecular weight excluding hydrogens is 359 g/mol. The number of benzene rings is 1. The SMILES string of the molecule is Cc1ccc(NC(=O)c2c(C)nn(Cc3ccccc3Cl)c2Cl)nc1.